The SMILES string of the molecule is CC1=NOC(c2ccc(Br)cc2)C1C(O)C(F)(F)/C=C/c1ccc(C(F)(F)F)cc1. The summed E-state index contributed by atoms with van der Waals surface area (Å²) in [6.45, 7) is 1.49. The number of nitrogens with zero attached hydrogens (tertiary/aromatic N) is 1. The van der Waals surface area contributed by atoms with E-state index < -0.39 is 35.8 Å². The summed E-state index contributed by atoms with van der Waals surface area (Å²) in [5.41, 5.74) is 0.0644. The van der Waals surface area contributed by atoms with Crippen molar-refractivity contribution in [1.82, 2.24) is 0 Å². The van der Waals surface area contributed by atoms with Crippen LogP contribution in [0.4, 0.5) is 22.0 Å². The molecule has 1 N–H and O–H groups in total. The molecule has 30 heavy (non-hydrogen) atoms. The van der Waals surface area contributed by atoms with Crippen LogP contribution in [0.2, 0.25) is 0 Å². The van der Waals surface area contributed by atoms with Gasteiger partial charge < -0.3 is 9.94 Å². The summed E-state index contributed by atoms with van der Waals surface area (Å²) in [6.07, 6.45) is -6.10. The number of aliphatic hydroxyl groups is 1. The van der Waals surface area contributed by atoms with Crippen LogP contribution in [0.25, 0.3) is 6.08 Å². The van der Waals surface area contributed by atoms with Crippen LogP contribution < -0.4 is 0 Å². The molecular weight excluding hydrogens is 473 g/mol. The van der Waals surface area contributed by atoms with Gasteiger partial charge in [-0.2, -0.15) is 22.0 Å². The third-order valence-corrected chi connectivity index (χ3v) is 5.32. The molecule has 2 aromatic rings. The van der Waals surface area contributed by atoms with Crippen LogP contribution in [0.15, 0.2) is 64.2 Å². The first kappa shape index (κ1) is 22.4. The summed E-state index contributed by atoms with van der Waals surface area (Å²) in [5.74, 6) is -4.77. The Bertz CT molecular complexity index is 939. The van der Waals surface area contributed by atoms with Crippen LogP contribution in [0.5, 0.6) is 0 Å². The molecule has 2 aromatic carbocycles. The highest BCUT2D eigenvalue weighted by atomic mass is 79.9. The summed E-state index contributed by atoms with van der Waals surface area (Å²) in [7, 11) is 0. The Morgan fingerprint density at radius 3 is 2.20 bits per heavy atom. The van der Waals surface area contributed by atoms with Crippen molar-refractivity contribution in [3.8, 4) is 0 Å². The number of oxime groups is 1. The Labute approximate surface area is 178 Å². The van der Waals surface area contributed by atoms with E-state index in [4.69, 9.17) is 4.84 Å². The molecule has 1 heterocycles. The average molecular weight is 490 g/mol. The van der Waals surface area contributed by atoms with E-state index in [1.165, 1.54) is 6.92 Å². The van der Waals surface area contributed by atoms with Crippen molar-refractivity contribution in [3.05, 3.63) is 75.8 Å². The van der Waals surface area contributed by atoms with Gasteiger partial charge in [-0.3, -0.25) is 0 Å². The molecule has 0 radical (unpaired) electrons. The predicted octanol–water partition coefficient (Wildman–Crippen LogP) is 6.24. The van der Waals surface area contributed by atoms with Gasteiger partial charge in [-0.05, 0) is 48.4 Å². The Morgan fingerprint density at radius 2 is 1.63 bits per heavy atom. The number of aliphatic hydroxyl groups excluding tert-OH is 1. The van der Waals surface area contributed by atoms with Crippen LogP contribution in [0.1, 0.15) is 29.7 Å². The molecule has 0 saturated heterocycles. The van der Waals surface area contributed by atoms with Crippen LogP contribution in [0.3, 0.4) is 0 Å². The lowest BCUT2D eigenvalue weighted by atomic mass is 9.85. The summed E-state index contributed by atoms with van der Waals surface area (Å²) in [4.78, 5) is 5.28. The first-order valence-electron chi connectivity index (χ1n) is 8.87. The summed E-state index contributed by atoms with van der Waals surface area (Å²) >= 11 is 3.29. The zero-order valence-electron chi connectivity index (χ0n) is 15.6. The van der Waals surface area contributed by atoms with Gasteiger partial charge in [0.1, 0.15) is 6.10 Å². The Hall–Kier alpha value is -2.26. The molecule has 160 valence electrons. The number of rotatable bonds is 5. The van der Waals surface area contributed by atoms with Crippen molar-refractivity contribution in [2.75, 3.05) is 0 Å². The molecule has 0 amide bonds. The van der Waals surface area contributed by atoms with E-state index in [1.54, 1.807) is 24.3 Å². The molecule has 9 heteroatoms. The molecule has 0 aromatic heterocycles. The molecule has 3 rings (SSSR count). The smallest absolute Gasteiger partial charge is 0.387 e. The van der Waals surface area contributed by atoms with E-state index >= 15 is 0 Å². The first-order valence-corrected chi connectivity index (χ1v) is 9.66. The fourth-order valence-corrected chi connectivity index (χ4v) is 3.39. The van der Waals surface area contributed by atoms with Crippen LogP contribution >= 0.6 is 15.9 Å². The second kappa shape index (κ2) is 8.47. The van der Waals surface area contributed by atoms with E-state index in [0.29, 0.717) is 11.6 Å². The molecule has 1 aliphatic heterocycles. The minimum atomic E-state index is -4.51. The zero-order chi connectivity index (χ0) is 22.1. The standard InChI is InChI=1S/C21H17BrF5NO2/c1-12-17(18(30-28-12)14-4-8-16(22)9-5-14)19(29)20(23,24)11-10-13-2-6-15(7-3-13)21(25,26)27/h2-11,17-19,29H,1H3/b11-10+. The molecule has 3 unspecified atom stereocenters. The van der Waals surface area contributed by atoms with Gasteiger partial charge in [0, 0.05) is 4.47 Å². The van der Waals surface area contributed by atoms with Crippen LogP contribution in [-0.2, 0) is 11.0 Å². The molecule has 0 saturated carbocycles. The maximum Gasteiger partial charge on any atom is 0.416 e. The zero-order valence-corrected chi connectivity index (χ0v) is 17.2. The molecule has 0 spiro atoms. The molecular formula is C21H17BrF5NO2. The maximum absolute atomic E-state index is 14.7. The Kier molecular flexibility index (Phi) is 6.33. The van der Waals surface area contributed by atoms with Gasteiger partial charge in [0.25, 0.3) is 5.92 Å². The van der Waals surface area contributed by atoms with Crippen molar-refractivity contribution in [2.24, 2.45) is 11.1 Å². The summed E-state index contributed by atoms with van der Waals surface area (Å²) in [5, 5.41) is 14.2. The fourth-order valence-electron chi connectivity index (χ4n) is 3.13. The lowest BCUT2D eigenvalue weighted by Crippen LogP contribution is -2.42. The minimum Gasteiger partial charge on any atom is -0.387 e. The molecule has 3 atom stereocenters. The maximum atomic E-state index is 14.7. The lowest BCUT2D eigenvalue weighted by molar-refractivity contribution is -0.137. The second-order valence-corrected chi connectivity index (χ2v) is 7.82. The van der Waals surface area contributed by atoms with Gasteiger partial charge in [0.05, 0.1) is 17.2 Å². The van der Waals surface area contributed by atoms with E-state index in [0.717, 1.165) is 34.8 Å². The third-order valence-electron chi connectivity index (χ3n) is 4.79. The summed E-state index contributed by atoms with van der Waals surface area (Å²) < 4.78 is 68.1. The topological polar surface area (TPSA) is 41.8 Å². The molecule has 3 nitrogen and oxygen atoms in total. The minimum absolute atomic E-state index is 0.146. The number of benzene rings is 2. The number of halogens is 6. The number of hydrogen-bond acceptors (Lipinski definition) is 3. The van der Waals surface area contributed by atoms with Crippen molar-refractivity contribution in [2.45, 2.75) is 31.2 Å². The van der Waals surface area contributed by atoms with E-state index in [9.17, 15) is 27.1 Å². The Morgan fingerprint density at radius 1 is 1.03 bits per heavy atom. The highest BCUT2D eigenvalue weighted by Crippen LogP contribution is 2.40. The van der Waals surface area contributed by atoms with Crippen molar-refractivity contribution >= 4 is 27.7 Å². The largest absolute Gasteiger partial charge is 0.416 e. The van der Waals surface area contributed by atoms with E-state index in [1.807, 2.05) is 0 Å². The van der Waals surface area contributed by atoms with Gasteiger partial charge in [-0.1, -0.05) is 51.4 Å². The fraction of sp³-hybridized carbons (Fsp3) is 0.286. The quantitative estimate of drug-likeness (QED) is 0.505. The van der Waals surface area contributed by atoms with Gasteiger partial charge in [0.2, 0.25) is 0 Å². The van der Waals surface area contributed by atoms with E-state index in [2.05, 4.69) is 21.1 Å². The van der Waals surface area contributed by atoms with Gasteiger partial charge >= 0.3 is 6.18 Å². The van der Waals surface area contributed by atoms with Crippen molar-refractivity contribution < 1.29 is 31.9 Å². The normalized spacial score (nSPS) is 20.9. The summed E-state index contributed by atoms with van der Waals surface area (Å²) in [6, 6.07) is 10.6. The van der Waals surface area contributed by atoms with Gasteiger partial charge in [0.15, 0.2) is 6.10 Å². The monoisotopic (exact) mass is 489 g/mol. The molecule has 0 bridgehead atoms. The van der Waals surface area contributed by atoms with E-state index in [-0.39, 0.29) is 11.3 Å². The van der Waals surface area contributed by atoms with Crippen LogP contribution in [0, 0.1) is 5.92 Å². The van der Waals surface area contributed by atoms with Crippen molar-refractivity contribution in [3.63, 3.8) is 0 Å². The predicted molar refractivity (Wildman–Crippen MR) is 106 cm³/mol. The molecule has 1 aliphatic rings. The Balaban J connectivity index is 1.79. The molecule has 0 fully saturated rings. The van der Waals surface area contributed by atoms with Gasteiger partial charge in [-0.25, -0.2) is 0 Å². The first-order chi connectivity index (χ1) is 14.0. The molecule has 0 aliphatic carbocycles. The third kappa shape index (κ3) is 4.89. The van der Waals surface area contributed by atoms with Gasteiger partial charge in [-0.15, -0.1) is 0 Å². The number of alkyl halides is 5. The highest BCUT2D eigenvalue weighted by Gasteiger charge is 2.49. The number of hydrogen-bond donors (Lipinski definition) is 1. The lowest BCUT2D eigenvalue weighted by Gasteiger charge is -2.28. The van der Waals surface area contributed by atoms with Crippen molar-refractivity contribution in [1.29, 1.82) is 0 Å². The highest BCUT2D eigenvalue weighted by molar-refractivity contribution is 9.10. The average Bonchev–Trinajstić information content (AvgIpc) is 3.07. The second-order valence-electron chi connectivity index (χ2n) is 6.91. The van der Waals surface area contributed by atoms with Crippen LogP contribution in [-0.4, -0.2) is 22.8 Å².